The molecule has 2 aromatic rings. The molecule has 29 heavy (non-hydrogen) atoms. The number of imide groups is 2. The smallest absolute Gasteiger partial charge is 0.328 e. The molecule has 3 heterocycles. The highest BCUT2D eigenvalue weighted by molar-refractivity contribution is 6.29. The zero-order chi connectivity index (χ0) is 20.8. The molecule has 10 heteroatoms. The normalized spacial score (nSPS) is 20.6. The third kappa shape index (κ3) is 2.98. The van der Waals surface area contributed by atoms with E-state index in [1.54, 1.807) is 6.92 Å². The second kappa shape index (κ2) is 6.66. The maximum Gasteiger partial charge on any atom is 0.328 e. The van der Waals surface area contributed by atoms with Crippen molar-refractivity contribution in [3.05, 3.63) is 48.4 Å². The Bertz CT molecular complexity index is 1000. The molecule has 0 radical (unpaired) electrons. The number of barbiturate groups is 1. The fourth-order valence-electron chi connectivity index (χ4n) is 3.50. The van der Waals surface area contributed by atoms with Crippen molar-refractivity contribution >= 4 is 29.4 Å². The number of nitrogens with zero attached hydrogens (tertiary/aromatic N) is 2. The van der Waals surface area contributed by atoms with E-state index in [1.165, 1.54) is 42.6 Å². The first-order chi connectivity index (χ1) is 13.8. The van der Waals surface area contributed by atoms with E-state index in [-0.39, 0.29) is 18.0 Å². The predicted octanol–water partition coefficient (Wildman–Crippen LogP) is 1.49. The van der Waals surface area contributed by atoms with Crippen LogP contribution in [0.25, 0.3) is 0 Å². The van der Waals surface area contributed by atoms with Crippen LogP contribution in [-0.4, -0.2) is 34.3 Å². The van der Waals surface area contributed by atoms with E-state index in [1.807, 2.05) is 0 Å². The molecule has 2 N–H and O–H groups in total. The summed E-state index contributed by atoms with van der Waals surface area (Å²) in [6, 6.07) is 7.32. The van der Waals surface area contributed by atoms with Gasteiger partial charge in [0.15, 0.2) is 0 Å². The first kappa shape index (κ1) is 18.5. The van der Waals surface area contributed by atoms with Crippen LogP contribution < -0.4 is 20.3 Å². The number of carbonyl (C=O) groups excluding carboxylic acids is 4. The first-order valence-electron chi connectivity index (χ1n) is 8.71. The van der Waals surface area contributed by atoms with E-state index in [0.717, 1.165) is 4.90 Å². The number of halogens is 1. The molecular weight excluding hydrogens is 383 g/mol. The largest absolute Gasteiger partial charge is 0.439 e. The Morgan fingerprint density at radius 3 is 2.31 bits per heavy atom. The van der Waals surface area contributed by atoms with Crippen LogP contribution in [0, 0.1) is 11.7 Å². The zero-order valence-corrected chi connectivity index (χ0v) is 15.1. The van der Waals surface area contributed by atoms with Crippen LogP contribution in [0.5, 0.6) is 11.6 Å². The fourth-order valence-corrected chi connectivity index (χ4v) is 3.50. The minimum absolute atomic E-state index is 0.0788. The van der Waals surface area contributed by atoms with Crippen LogP contribution in [0.4, 0.5) is 14.9 Å². The molecule has 2 aliphatic rings. The number of rotatable bonds is 3. The Hall–Kier alpha value is -3.82. The van der Waals surface area contributed by atoms with Gasteiger partial charge in [-0.25, -0.2) is 14.2 Å². The lowest BCUT2D eigenvalue weighted by atomic mass is 9.89. The summed E-state index contributed by atoms with van der Waals surface area (Å²) in [6.07, 6.45) is 1.21. The summed E-state index contributed by atoms with van der Waals surface area (Å²) < 4.78 is 18.5. The Morgan fingerprint density at radius 2 is 1.72 bits per heavy atom. The van der Waals surface area contributed by atoms with Crippen molar-refractivity contribution < 1.29 is 28.3 Å². The van der Waals surface area contributed by atoms with Crippen LogP contribution in [0.2, 0.25) is 0 Å². The molecule has 0 saturated carbocycles. The van der Waals surface area contributed by atoms with Crippen LogP contribution in [0.3, 0.4) is 0 Å². The average Bonchev–Trinajstić information content (AvgIpc) is 2.95. The number of urea groups is 1. The van der Waals surface area contributed by atoms with Crippen molar-refractivity contribution in [2.24, 2.45) is 5.92 Å². The lowest BCUT2D eigenvalue weighted by Gasteiger charge is -2.37. The van der Waals surface area contributed by atoms with Gasteiger partial charge in [0.25, 0.3) is 11.8 Å². The molecule has 2 saturated heterocycles. The fraction of sp³-hybridized carbons (Fsp3) is 0.211. The van der Waals surface area contributed by atoms with E-state index < -0.39 is 41.0 Å². The van der Waals surface area contributed by atoms with Crippen LogP contribution >= 0.6 is 0 Å². The van der Waals surface area contributed by atoms with Crippen LogP contribution in [0.15, 0.2) is 42.6 Å². The molecule has 1 spiro atoms. The third-order valence-corrected chi connectivity index (χ3v) is 4.85. The molecule has 5 amide bonds. The maximum absolute atomic E-state index is 13.0. The number of amides is 5. The Kier molecular flexibility index (Phi) is 4.26. The topological polar surface area (TPSA) is 118 Å². The van der Waals surface area contributed by atoms with Crippen molar-refractivity contribution in [2.75, 3.05) is 4.90 Å². The third-order valence-electron chi connectivity index (χ3n) is 4.85. The number of hydrogen-bond acceptors (Lipinski definition) is 6. The van der Waals surface area contributed by atoms with E-state index in [9.17, 15) is 23.6 Å². The molecule has 1 aromatic carbocycles. The Morgan fingerprint density at radius 1 is 1.07 bits per heavy atom. The van der Waals surface area contributed by atoms with Gasteiger partial charge in [0.1, 0.15) is 11.6 Å². The second-order valence-corrected chi connectivity index (χ2v) is 6.79. The van der Waals surface area contributed by atoms with E-state index >= 15 is 0 Å². The van der Waals surface area contributed by atoms with E-state index in [2.05, 4.69) is 15.6 Å². The Labute approximate surface area is 163 Å². The van der Waals surface area contributed by atoms with Crippen molar-refractivity contribution in [1.29, 1.82) is 0 Å². The highest BCUT2D eigenvalue weighted by Crippen LogP contribution is 2.40. The summed E-state index contributed by atoms with van der Waals surface area (Å²) in [4.78, 5) is 54.5. The Balaban J connectivity index is 1.66. The van der Waals surface area contributed by atoms with Crippen molar-refractivity contribution in [3.63, 3.8) is 0 Å². The number of nitrogens with one attached hydrogen (secondary N) is 2. The lowest BCUT2D eigenvalue weighted by molar-refractivity contribution is -0.138. The van der Waals surface area contributed by atoms with Gasteiger partial charge in [-0.15, -0.1) is 0 Å². The number of aromatic nitrogens is 1. The van der Waals surface area contributed by atoms with Crippen molar-refractivity contribution in [3.8, 4) is 11.6 Å². The summed E-state index contributed by atoms with van der Waals surface area (Å²) in [5, 5.41) is 4.10. The van der Waals surface area contributed by atoms with Gasteiger partial charge in [0.2, 0.25) is 17.3 Å². The standard InChI is InChI=1S/C19H15FN4O5/c1-10-8-19(16(26)22-18(28)23-17(19)27)24(15(10)25)12-4-7-14(21-9-12)29-13-5-2-11(20)3-6-13/h2-7,9-10H,8H2,1H3,(H2,22,23,26,27,28). The number of carbonyl (C=O) groups is 4. The van der Waals surface area contributed by atoms with E-state index in [0.29, 0.717) is 5.75 Å². The molecule has 4 rings (SSSR count). The van der Waals surface area contributed by atoms with Crippen LogP contribution in [-0.2, 0) is 14.4 Å². The number of hydrogen-bond donors (Lipinski definition) is 2. The van der Waals surface area contributed by atoms with Gasteiger partial charge in [-0.3, -0.25) is 29.9 Å². The van der Waals surface area contributed by atoms with Gasteiger partial charge >= 0.3 is 6.03 Å². The molecule has 1 unspecified atom stereocenters. The lowest BCUT2D eigenvalue weighted by Crippen LogP contribution is -2.72. The molecule has 148 valence electrons. The quantitative estimate of drug-likeness (QED) is 0.757. The summed E-state index contributed by atoms with van der Waals surface area (Å²) >= 11 is 0. The maximum atomic E-state index is 13.0. The van der Waals surface area contributed by atoms with E-state index in [4.69, 9.17) is 4.74 Å². The molecule has 1 atom stereocenters. The first-order valence-corrected chi connectivity index (χ1v) is 8.71. The summed E-state index contributed by atoms with van der Waals surface area (Å²) in [7, 11) is 0. The predicted molar refractivity (Wildman–Crippen MR) is 96.4 cm³/mol. The van der Waals surface area contributed by atoms with Crippen LogP contribution in [0.1, 0.15) is 13.3 Å². The molecule has 2 fully saturated rings. The zero-order valence-electron chi connectivity index (χ0n) is 15.1. The monoisotopic (exact) mass is 398 g/mol. The van der Waals surface area contributed by atoms with Crippen molar-refractivity contribution in [2.45, 2.75) is 18.9 Å². The molecule has 9 nitrogen and oxygen atoms in total. The van der Waals surface area contributed by atoms with Gasteiger partial charge in [-0.1, -0.05) is 6.92 Å². The summed E-state index contributed by atoms with van der Waals surface area (Å²) in [6.45, 7) is 1.60. The van der Waals surface area contributed by atoms with Gasteiger partial charge in [-0.05, 0) is 30.3 Å². The van der Waals surface area contributed by atoms with Gasteiger partial charge in [-0.2, -0.15) is 0 Å². The van der Waals surface area contributed by atoms with Gasteiger partial charge in [0.05, 0.1) is 11.9 Å². The second-order valence-electron chi connectivity index (χ2n) is 6.79. The summed E-state index contributed by atoms with van der Waals surface area (Å²) in [5.41, 5.74) is -1.67. The molecule has 1 aromatic heterocycles. The minimum atomic E-state index is -1.87. The average molecular weight is 398 g/mol. The minimum Gasteiger partial charge on any atom is -0.439 e. The number of benzene rings is 1. The summed E-state index contributed by atoms with van der Waals surface area (Å²) in [5.74, 6) is -2.67. The molecular formula is C19H15FN4O5. The number of ether oxygens (including phenoxy) is 1. The van der Waals surface area contributed by atoms with Gasteiger partial charge < -0.3 is 4.74 Å². The number of pyridine rings is 1. The highest BCUT2D eigenvalue weighted by Gasteiger charge is 2.62. The van der Waals surface area contributed by atoms with Gasteiger partial charge in [0, 0.05) is 18.4 Å². The van der Waals surface area contributed by atoms with Crippen molar-refractivity contribution in [1.82, 2.24) is 15.6 Å². The molecule has 0 bridgehead atoms. The molecule has 0 aliphatic carbocycles. The SMILES string of the molecule is CC1CC2(C(=O)NC(=O)NC2=O)N(c2ccc(Oc3ccc(F)cc3)nc2)C1=O. The highest BCUT2D eigenvalue weighted by atomic mass is 19.1. The number of anilines is 1. The molecule has 2 aliphatic heterocycles.